The van der Waals surface area contributed by atoms with Crippen LogP contribution >= 0.6 is 0 Å². The van der Waals surface area contributed by atoms with Crippen LogP contribution in [0.1, 0.15) is 27.7 Å². The maximum absolute atomic E-state index is 9.63. The van der Waals surface area contributed by atoms with Crippen LogP contribution in [0.5, 0.6) is 0 Å². The molecule has 0 saturated carbocycles. The topological polar surface area (TPSA) is 80.9 Å². The average Bonchev–Trinajstić information content (AvgIpc) is 1.95. The molecule has 0 rings (SSSR count). The van der Waals surface area contributed by atoms with Crippen LogP contribution in [0.3, 0.4) is 0 Å². The molecule has 0 aliphatic rings. The standard InChI is InChI=1S/4C3H7O.Ti/c4*1-3(2)4;/h4*3-4H,1H2,2H3;. The molecule has 0 saturated heterocycles. The zero-order valence-corrected chi connectivity index (χ0v) is 13.0. The van der Waals surface area contributed by atoms with E-state index in [0.717, 1.165) is 0 Å². The van der Waals surface area contributed by atoms with Gasteiger partial charge in [-0.1, -0.05) is 0 Å². The summed E-state index contributed by atoms with van der Waals surface area (Å²) in [5.41, 5.74) is 0. The van der Waals surface area contributed by atoms with Gasteiger partial charge >= 0.3 is 108 Å². The first kappa shape index (κ1) is 17.6. The van der Waals surface area contributed by atoms with E-state index in [1.165, 1.54) is 0 Å². The summed E-state index contributed by atoms with van der Waals surface area (Å²) in [4.78, 5) is 0. The summed E-state index contributed by atoms with van der Waals surface area (Å²) < 4.78 is 2.67. The number of aliphatic hydroxyl groups is 4. The fourth-order valence-corrected chi connectivity index (χ4v) is 12.4. The van der Waals surface area contributed by atoms with Gasteiger partial charge in [0.2, 0.25) is 0 Å². The van der Waals surface area contributed by atoms with E-state index >= 15 is 0 Å². The van der Waals surface area contributed by atoms with E-state index in [1.54, 1.807) is 27.7 Å². The molecule has 0 aliphatic heterocycles. The molecule has 104 valence electrons. The molecule has 0 aromatic carbocycles. The predicted octanol–water partition coefficient (Wildman–Crippen LogP) is 1.34. The summed E-state index contributed by atoms with van der Waals surface area (Å²) in [6, 6.07) is 0. The van der Waals surface area contributed by atoms with Gasteiger partial charge in [0, 0.05) is 0 Å². The van der Waals surface area contributed by atoms with Crippen LogP contribution in [-0.2, 0) is 16.6 Å². The Bertz CT molecular complexity index is 159. The second-order valence-corrected chi connectivity index (χ2v) is 12.9. The van der Waals surface area contributed by atoms with Crippen LogP contribution in [0, 0.1) is 0 Å². The van der Waals surface area contributed by atoms with Crippen molar-refractivity contribution in [1.82, 2.24) is 0 Å². The first-order chi connectivity index (χ1) is 7.67. The molecule has 5 heteroatoms. The Kier molecular flexibility index (Phi) is 8.13. The van der Waals surface area contributed by atoms with Crippen molar-refractivity contribution < 1.29 is 37.0 Å². The van der Waals surface area contributed by atoms with E-state index < -0.39 is 41.0 Å². The van der Waals surface area contributed by atoms with Gasteiger partial charge in [0.15, 0.2) is 0 Å². The summed E-state index contributed by atoms with van der Waals surface area (Å²) in [7, 11) is 0. The van der Waals surface area contributed by atoms with E-state index in [0.29, 0.717) is 18.9 Å². The van der Waals surface area contributed by atoms with Gasteiger partial charge in [-0.05, 0) is 0 Å². The summed E-state index contributed by atoms with van der Waals surface area (Å²) in [6.07, 6.45) is -1.70. The van der Waals surface area contributed by atoms with Crippen molar-refractivity contribution in [3.63, 3.8) is 0 Å². The molecule has 0 heterocycles. The predicted molar refractivity (Wildman–Crippen MR) is 66.0 cm³/mol. The molecule has 4 unspecified atom stereocenters. The van der Waals surface area contributed by atoms with Crippen molar-refractivity contribution >= 4 is 0 Å². The molecule has 0 amide bonds. The van der Waals surface area contributed by atoms with Crippen LogP contribution in [0.15, 0.2) is 0 Å². The maximum atomic E-state index is 9.63. The SMILES string of the molecule is CC(O)[CH2][Ti]([CH2]C(C)O)([CH2]C(C)O)[CH2]C(C)O. The molecule has 4 nitrogen and oxygen atoms in total. The normalized spacial score (nSPS) is 22.6. The first-order valence-corrected chi connectivity index (χ1v) is 10.8. The van der Waals surface area contributed by atoms with Gasteiger partial charge < -0.3 is 0 Å². The molecule has 0 radical (unpaired) electrons. The summed E-state index contributed by atoms with van der Waals surface area (Å²) in [6.45, 7) is 6.97. The summed E-state index contributed by atoms with van der Waals surface area (Å²) in [5.74, 6) is 0. The minimum atomic E-state index is -2.62. The Hall–Kier alpha value is 0.554. The van der Waals surface area contributed by atoms with Crippen LogP contribution in [-0.4, -0.2) is 44.8 Å². The second kappa shape index (κ2) is 7.87. The molecule has 0 fully saturated rings. The molecular formula is C12H28O4Ti. The number of hydrogen-bond acceptors (Lipinski definition) is 4. The number of aliphatic hydroxyl groups excluding tert-OH is 4. The summed E-state index contributed by atoms with van der Waals surface area (Å²) in [5, 5.41) is 38.5. The van der Waals surface area contributed by atoms with E-state index in [4.69, 9.17) is 0 Å². The molecule has 0 aromatic rings. The summed E-state index contributed by atoms with van der Waals surface area (Å²) >= 11 is -2.62. The molecule has 0 aromatic heterocycles. The molecule has 0 spiro atoms. The molecular weight excluding hydrogens is 256 g/mol. The van der Waals surface area contributed by atoms with Crippen molar-refractivity contribution in [2.75, 3.05) is 0 Å². The quantitative estimate of drug-likeness (QED) is 0.507. The van der Waals surface area contributed by atoms with Crippen LogP contribution in [0.25, 0.3) is 0 Å². The van der Waals surface area contributed by atoms with Crippen LogP contribution in [0.4, 0.5) is 0 Å². The molecule has 4 N–H and O–H groups in total. The fourth-order valence-electron chi connectivity index (χ4n) is 3.01. The van der Waals surface area contributed by atoms with Crippen molar-refractivity contribution in [2.45, 2.75) is 71.0 Å². The fraction of sp³-hybridized carbons (Fsp3) is 1.00. The van der Waals surface area contributed by atoms with Gasteiger partial charge in [-0.15, -0.1) is 0 Å². The van der Waals surface area contributed by atoms with Gasteiger partial charge in [-0.25, -0.2) is 0 Å². The molecule has 4 atom stereocenters. The van der Waals surface area contributed by atoms with Crippen molar-refractivity contribution in [3.8, 4) is 0 Å². The van der Waals surface area contributed by atoms with E-state index in [9.17, 15) is 20.4 Å². The van der Waals surface area contributed by atoms with E-state index in [1.807, 2.05) is 0 Å². The van der Waals surface area contributed by atoms with Crippen molar-refractivity contribution in [1.29, 1.82) is 0 Å². The van der Waals surface area contributed by atoms with E-state index in [2.05, 4.69) is 0 Å². The Morgan fingerprint density at radius 2 is 0.765 bits per heavy atom. The Morgan fingerprint density at radius 1 is 0.588 bits per heavy atom. The Balaban J connectivity index is 4.89. The van der Waals surface area contributed by atoms with Gasteiger partial charge in [0.05, 0.1) is 0 Å². The third-order valence-corrected chi connectivity index (χ3v) is 12.0. The minimum absolute atomic E-state index is 0.425. The monoisotopic (exact) mass is 284 g/mol. The first-order valence-electron chi connectivity index (χ1n) is 6.39. The molecule has 17 heavy (non-hydrogen) atoms. The third-order valence-electron chi connectivity index (χ3n) is 2.91. The van der Waals surface area contributed by atoms with Crippen molar-refractivity contribution in [3.05, 3.63) is 0 Å². The zero-order chi connectivity index (χ0) is 13.6. The van der Waals surface area contributed by atoms with Crippen LogP contribution in [0.2, 0.25) is 18.9 Å². The number of hydrogen-bond donors (Lipinski definition) is 4. The average molecular weight is 284 g/mol. The van der Waals surface area contributed by atoms with Gasteiger partial charge in [0.25, 0.3) is 0 Å². The van der Waals surface area contributed by atoms with Crippen LogP contribution < -0.4 is 0 Å². The van der Waals surface area contributed by atoms with Crippen molar-refractivity contribution in [2.24, 2.45) is 0 Å². The second-order valence-electron chi connectivity index (χ2n) is 5.71. The van der Waals surface area contributed by atoms with Gasteiger partial charge in [0.1, 0.15) is 0 Å². The zero-order valence-electron chi connectivity index (χ0n) is 11.4. The van der Waals surface area contributed by atoms with Gasteiger partial charge in [-0.2, -0.15) is 0 Å². The van der Waals surface area contributed by atoms with Gasteiger partial charge in [-0.3, -0.25) is 0 Å². The third kappa shape index (κ3) is 8.30. The van der Waals surface area contributed by atoms with E-state index in [-0.39, 0.29) is 0 Å². The Labute approximate surface area is 108 Å². The molecule has 0 aliphatic carbocycles. The number of rotatable bonds is 8. The molecule has 0 bridgehead atoms. The Morgan fingerprint density at radius 3 is 0.882 bits per heavy atom.